The van der Waals surface area contributed by atoms with Crippen LogP contribution in [0.25, 0.3) is 0 Å². The van der Waals surface area contributed by atoms with Gasteiger partial charge in [0.25, 0.3) is 5.91 Å². The molecular weight excluding hydrogens is 420 g/mol. The van der Waals surface area contributed by atoms with E-state index in [1.54, 1.807) is 41.8 Å². The normalized spacial score (nSPS) is 10.8. The number of hydrogen-bond donors (Lipinski definition) is 1. The van der Waals surface area contributed by atoms with Gasteiger partial charge in [-0.2, -0.15) is 0 Å². The molecular formula is C23H19F2N3O2S. The minimum atomic E-state index is -0.369. The summed E-state index contributed by atoms with van der Waals surface area (Å²) < 4.78 is 34.2. The third-order valence-corrected chi connectivity index (χ3v) is 5.35. The molecule has 2 aromatic heterocycles. The van der Waals surface area contributed by atoms with E-state index in [9.17, 15) is 13.6 Å². The van der Waals surface area contributed by atoms with Gasteiger partial charge in [0.05, 0.1) is 13.1 Å². The van der Waals surface area contributed by atoms with Crippen molar-refractivity contribution in [2.24, 2.45) is 0 Å². The summed E-state index contributed by atoms with van der Waals surface area (Å²) in [5.74, 6) is -0.926. The van der Waals surface area contributed by atoms with Gasteiger partial charge in [0.2, 0.25) is 5.88 Å². The molecule has 2 heterocycles. The van der Waals surface area contributed by atoms with Crippen molar-refractivity contribution in [3.05, 3.63) is 105 Å². The second kappa shape index (κ2) is 9.53. The number of nitrogens with zero attached hydrogens (tertiary/aromatic N) is 2. The molecule has 4 aromatic rings. The van der Waals surface area contributed by atoms with Crippen LogP contribution in [0.1, 0.15) is 26.4 Å². The van der Waals surface area contributed by atoms with Crippen molar-refractivity contribution in [1.82, 2.24) is 15.1 Å². The first-order chi connectivity index (χ1) is 15.1. The Bertz CT molecular complexity index is 1180. The van der Waals surface area contributed by atoms with Gasteiger partial charge >= 0.3 is 0 Å². The first kappa shape index (κ1) is 20.7. The highest BCUT2D eigenvalue weighted by Crippen LogP contribution is 2.20. The Labute approximate surface area is 181 Å². The predicted octanol–water partition coefficient (Wildman–Crippen LogP) is 4.78. The van der Waals surface area contributed by atoms with E-state index in [1.165, 1.54) is 28.9 Å². The molecule has 8 heteroatoms. The number of halogens is 2. The molecule has 0 aliphatic heterocycles. The van der Waals surface area contributed by atoms with Gasteiger partial charge < -0.3 is 10.1 Å². The lowest BCUT2D eigenvalue weighted by molar-refractivity contribution is 0.0946. The van der Waals surface area contributed by atoms with Crippen LogP contribution in [-0.2, 0) is 19.7 Å². The molecule has 0 aliphatic rings. The van der Waals surface area contributed by atoms with Crippen LogP contribution < -0.4 is 10.1 Å². The summed E-state index contributed by atoms with van der Waals surface area (Å²) in [5.41, 5.74) is 1.57. The standard InChI is InChI=1S/C23H19F2N3O2S/c24-18-6-1-4-16(10-18)13-28-14-21(22(29)26-12-20-8-3-9-31-20)23(27-28)30-15-17-5-2-7-19(25)11-17/h1-11,14H,12-13,15H2,(H,26,29). The number of hydrogen-bond acceptors (Lipinski definition) is 4. The van der Waals surface area contributed by atoms with Crippen molar-refractivity contribution in [2.75, 3.05) is 0 Å². The van der Waals surface area contributed by atoms with E-state index in [2.05, 4.69) is 10.4 Å². The summed E-state index contributed by atoms with van der Waals surface area (Å²) in [6.07, 6.45) is 1.57. The maximum absolute atomic E-state index is 13.5. The zero-order valence-electron chi connectivity index (χ0n) is 16.4. The topological polar surface area (TPSA) is 56.2 Å². The molecule has 0 spiro atoms. The Morgan fingerprint density at radius 2 is 1.77 bits per heavy atom. The first-order valence-corrected chi connectivity index (χ1v) is 10.4. The number of aromatic nitrogens is 2. The van der Waals surface area contributed by atoms with Crippen LogP contribution in [0.3, 0.4) is 0 Å². The quantitative estimate of drug-likeness (QED) is 0.430. The Morgan fingerprint density at radius 3 is 2.48 bits per heavy atom. The summed E-state index contributed by atoms with van der Waals surface area (Å²) in [7, 11) is 0. The van der Waals surface area contributed by atoms with E-state index in [0.717, 1.165) is 4.88 Å². The fraction of sp³-hybridized carbons (Fsp3) is 0.130. The number of ether oxygens (including phenoxy) is 1. The number of nitrogens with one attached hydrogen (secondary N) is 1. The van der Waals surface area contributed by atoms with Crippen LogP contribution in [0, 0.1) is 11.6 Å². The third-order valence-electron chi connectivity index (χ3n) is 4.47. The molecule has 1 N–H and O–H groups in total. The maximum atomic E-state index is 13.5. The molecule has 0 aliphatic carbocycles. The number of carbonyl (C=O) groups is 1. The van der Waals surface area contributed by atoms with Crippen molar-refractivity contribution in [3.8, 4) is 5.88 Å². The number of benzene rings is 2. The Hall–Kier alpha value is -3.52. The van der Waals surface area contributed by atoms with E-state index in [4.69, 9.17) is 4.74 Å². The van der Waals surface area contributed by atoms with Crippen LogP contribution in [0.5, 0.6) is 5.88 Å². The molecule has 158 valence electrons. The second-order valence-electron chi connectivity index (χ2n) is 6.86. The Balaban J connectivity index is 1.54. The van der Waals surface area contributed by atoms with Crippen molar-refractivity contribution < 1.29 is 18.3 Å². The lowest BCUT2D eigenvalue weighted by Gasteiger charge is -2.06. The summed E-state index contributed by atoms with van der Waals surface area (Å²) in [5, 5.41) is 9.15. The smallest absolute Gasteiger partial charge is 0.258 e. The fourth-order valence-electron chi connectivity index (χ4n) is 3.02. The van der Waals surface area contributed by atoms with Crippen LogP contribution in [-0.4, -0.2) is 15.7 Å². The fourth-order valence-corrected chi connectivity index (χ4v) is 3.67. The van der Waals surface area contributed by atoms with Crippen LogP contribution in [0.4, 0.5) is 8.78 Å². The first-order valence-electron chi connectivity index (χ1n) is 9.56. The van der Waals surface area contributed by atoms with E-state index >= 15 is 0 Å². The van der Waals surface area contributed by atoms with Crippen molar-refractivity contribution in [2.45, 2.75) is 19.7 Å². The zero-order chi connectivity index (χ0) is 21.6. The van der Waals surface area contributed by atoms with Gasteiger partial charge in [-0.15, -0.1) is 16.4 Å². The molecule has 0 unspecified atom stereocenters. The highest BCUT2D eigenvalue weighted by molar-refractivity contribution is 7.09. The molecule has 0 fully saturated rings. The summed E-state index contributed by atoms with van der Waals surface area (Å²) in [4.78, 5) is 13.8. The number of rotatable bonds is 8. The number of thiophene rings is 1. The Morgan fingerprint density at radius 1 is 1.03 bits per heavy atom. The van der Waals surface area contributed by atoms with Gasteiger partial charge in [0.1, 0.15) is 23.8 Å². The van der Waals surface area contributed by atoms with Crippen molar-refractivity contribution >= 4 is 17.2 Å². The van der Waals surface area contributed by atoms with E-state index in [0.29, 0.717) is 17.7 Å². The molecule has 0 saturated heterocycles. The highest BCUT2D eigenvalue weighted by Gasteiger charge is 2.18. The van der Waals surface area contributed by atoms with Crippen LogP contribution >= 0.6 is 11.3 Å². The van der Waals surface area contributed by atoms with Gasteiger partial charge in [-0.05, 0) is 46.8 Å². The maximum Gasteiger partial charge on any atom is 0.258 e. The van der Waals surface area contributed by atoms with E-state index in [1.807, 2.05) is 17.5 Å². The van der Waals surface area contributed by atoms with Gasteiger partial charge in [0.15, 0.2) is 0 Å². The van der Waals surface area contributed by atoms with Crippen molar-refractivity contribution in [1.29, 1.82) is 0 Å². The van der Waals surface area contributed by atoms with Crippen molar-refractivity contribution in [3.63, 3.8) is 0 Å². The minimum absolute atomic E-state index is 0.0555. The molecule has 31 heavy (non-hydrogen) atoms. The van der Waals surface area contributed by atoms with E-state index < -0.39 is 0 Å². The Kier molecular flexibility index (Phi) is 6.37. The molecule has 0 saturated carbocycles. The monoisotopic (exact) mass is 439 g/mol. The molecule has 0 bridgehead atoms. The zero-order valence-corrected chi connectivity index (χ0v) is 17.2. The van der Waals surface area contributed by atoms with Gasteiger partial charge in [-0.1, -0.05) is 30.3 Å². The predicted molar refractivity (Wildman–Crippen MR) is 114 cm³/mol. The number of amides is 1. The van der Waals surface area contributed by atoms with Crippen LogP contribution in [0.15, 0.2) is 72.2 Å². The summed E-state index contributed by atoms with van der Waals surface area (Å²) in [6, 6.07) is 16.0. The lowest BCUT2D eigenvalue weighted by Crippen LogP contribution is -2.22. The average molecular weight is 439 g/mol. The summed E-state index contributed by atoms with van der Waals surface area (Å²) in [6.45, 7) is 0.709. The molecule has 1 amide bonds. The second-order valence-corrected chi connectivity index (χ2v) is 7.89. The lowest BCUT2D eigenvalue weighted by atomic mass is 10.2. The van der Waals surface area contributed by atoms with Crippen LogP contribution in [0.2, 0.25) is 0 Å². The van der Waals surface area contributed by atoms with Gasteiger partial charge in [-0.25, -0.2) is 8.78 Å². The highest BCUT2D eigenvalue weighted by atomic mass is 32.1. The van der Waals surface area contributed by atoms with Gasteiger partial charge in [-0.3, -0.25) is 9.48 Å². The minimum Gasteiger partial charge on any atom is -0.471 e. The SMILES string of the molecule is O=C(NCc1cccs1)c1cn(Cc2cccc(F)c2)nc1OCc1cccc(F)c1. The average Bonchev–Trinajstić information content (AvgIpc) is 3.40. The summed E-state index contributed by atoms with van der Waals surface area (Å²) >= 11 is 1.54. The van der Waals surface area contributed by atoms with Gasteiger partial charge in [0, 0.05) is 11.1 Å². The third kappa shape index (κ3) is 5.55. The number of carbonyl (C=O) groups excluding carboxylic acids is 1. The van der Waals surface area contributed by atoms with E-state index in [-0.39, 0.29) is 42.1 Å². The molecule has 0 radical (unpaired) electrons. The molecule has 4 rings (SSSR count). The molecule has 5 nitrogen and oxygen atoms in total. The molecule has 0 atom stereocenters. The largest absolute Gasteiger partial charge is 0.471 e. The molecule has 2 aromatic carbocycles.